The largest absolute Gasteiger partial charge is 0.398 e. The van der Waals surface area contributed by atoms with E-state index < -0.39 is 0 Å². The Kier molecular flexibility index (Phi) is 14.5. The number of hydrogen-bond acceptors (Lipinski definition) is 2. The Balaban J connectivity index is 2.58. The monoisotopic (exact) mass is 534 g/mol. The molecule has 2 heteroatoms. The van der Waals surface area contributed by atoms with Crippen LogP contribution in [0.5, 0.6) is 0 Å². The summed E-state index contributed by atoms with van der Waals surface area (Å²) < 4.78 is 0. The van der Waals surface area contributed by atoms with Gasteiger partial charge < -0.3 is 11.5 Å². The van der Waals surface area contributed by atoms with E-state index in [9.17, 15) is 0 Å². The Hall–Kier alpha value is -1.96. The van der Waals surface area contributed by atoms with Crippen molar-refractivity contribution in [2.24, 2.45) is 0 Å². The van der Waals surface area contributed by atoms with Gasteiger partial charge in [-0.1, -0.05) is 131 Å². The molecule has 4 unspecified atom stereocenters. The Morgan fingerprint density at radius 3 is 0.897 bits per heavy atom. The maximum Gasteiger partial charge on any atom is 0.0384 e. The van der Waals surface area contributed by atoms with E-state index in [1.165, 1.54) is 110 Å². The third kappa shape index (κ3) is 9.58. The van der Waals surface area contributed by atoms with Crippen LogP contribution < -0.4 is 11.5 Å². The van der Waals surface area contributed by atoms with Gasteiger partial charge in [-0.25, -0.2) is 0 Å². The van der Waals surface area contributed by atoms with Crippen molar-refractivity contribution in [3.63, 3.8) is 0 Å². The van der Waals surface area contributed by atoms with E-state index in [-0.39, 0.29) is 0 Å². The molecule has 0 aliphatic carbocycles. The van der Waals surface area contributed by atoms with Gasteiger partial charge in [-0.15, -0.1) is 0 Å². The molecule has 2 nitrogen and oxygen atoms in total. The lowest BCUT2D eigenvalue weighted by Gasteiger charge is -2.24. The minimum atomic E-state index is 0.489. The van der Waals surface area contributed by atoms with Crippen LogP contribution in [0.2, 0.25) is 0 Å². The Morgan fingerprint density at radius 2 is 0.692 bits per heavy atom. The van der Waals surface area contributed by atoms with Gasteiger partial charge in [0.1, 0.15) is 0 Å². The summed E-state index contributed by atoms with van der Waals surface area (Å²) in [5.74, 6) is 1.95. The first-order valence-electron chi connectivity index (χ1n) is 16.5. The number of anilines is 2. The predicted molar refractivity (Wildman–Crippen MR) is 176 cm³/mol. The lowest BCUT2D eigenvalue weighted by molar-refractivity contribution is 0.612. The van der Waals surface area contributed by atoms with E-state index in [1.54, 1.807) is 0 Å². The summed E-state index contributed by atoms with van der Waals surface area (Å²) in [5, 5.41) is 0. The molecule has 4 atom stereocenters. The fraction of sp³-hybridized carbons (Fsp3) is 0.676. The van der Waals surface area contributed by atoms with Crippen LogP contribution in [0, 0.1) is 0 Å². The third-order valence-corrected chi connectivity index (χ3v) is 9.10. The second kappa shape index (κ2) is 17.0. The molecule has 0 aliphatic rings. The quantitative estimate of drug-likeness (QED) is 0.187. The first-order valence-corrected chi connectivity index (χ1v) is 16.5. The zero-order valence-corrected chi connectivity index (χ0v) is 27.0. The fourth-order valence-electron chi connectivity index (χ4n) is 6.26. The van der Waals surface area contributed by atoms with Gasteiger partial charge in [0.05, 0.1) is 0 Å². The van der Waals surface area contributed by atoms with Crippen LogP contribution in [-0.4, -0.2) is 0 Å². The van der Waals surface area contributed by atoms with E-state index in [1.807, 2.05) is 0 Å². The maximum absolute atomic E-state index is 6.91. The van der Waals surface area contributed by atoms with E-state index in [0.29, 0.717) is 23.7 Å². The molecule has 0 fully saturated rings. The molecule has 0 radical (unpaired) electrons. The van der Waals surface area contributed by atoms with Crippen molar-refractivity contribution in [3.05, 3.63) is 57.6 Å². The highest BCUT2D eigenvalue weighted by molar-refractivity contribution is 5.61. The van der Waals surface area contributed by atoms with Gasteiger partial charge in [0.2, 0.25) is 0 Å². The molecule has 2 aromatic rings. The van der Waals surface area contributed by atoms with Crippen molar-refractivity contribution < 1.29 is 0 Å². The van der Waals surface area contributed by atoms with Crippen molar-refractivity contribution in [1.82, 2.24) is 0 Å². The Labute approximate surface area is 242 Å². The lowest BCUT2D eigenvalue weighted by atomic mass is 9.83. The molecule has 0 amide bonds. The summed E-state index contributed by atoms with van der Waals surface area (Å²) in [7, 11) is 0. The Bertz CT molecular complexity index is 841. The van der Waals surface area contributed by atoms with Crippen molar-refractivity contribution >= 4 is 11.4 Å². The van der Waals surface area contributed by atoms with Crippen molar-refractivity contribution in [1.29, 1.82) is 0 Å². The molecule has 2 rings (SSSR count). The standard InChI is InChI=1S/C37H62N2/c1-9-13-17-26(5)32-22-30(23-33(36(32)38)27(6)18-14-10-2)21-31-24-34(28(7)19-15-11-3)37(39)35(25-31)29(8)20-16-12-4/h22-29H,9-21,38-39H2,1-8H3. The molecular weight excluding hydrogens is 472 g/mol. The van der Waals surface area contributed by atoms with Gasteiger partial charge in [-0.05, 0) is 89.2 Å². The highest BCUT2D eigenvalue weighted by Gasteiger charge is 2.20. The minimum Gasteiger partial charge on any atom is -0.398 e. The summed E-state index contributed by atoms with van der Waals surface area (Å²) in [6.07, 6.45) is 15.7. The summed E-state index contributed by atoms with van der Waals surface area (Å²) >= 11 is 0. The van der Waals surface area contributed by atoms with Crippen LogP contribution in [0.4, 0.5) is 11.4 Å². The van der Waals surface area contributed by atoms with Crippen LogP contribution >= 0.6 is 0 Å². The summed E-state index contributed by atoms with van der Waals surface area (Å²) in [5.41, 5.74) is 24.2. The predicted octanol–water partition coefficient (Wildman–Crippen LogP) is 11.6. The maximum atomic E-state index is 6.91. The van der Waals surface area contributed by atoms with Gasteiger partial charge in [0.25, 0.3) is 0 Å². The summed E-state index contributed by atoms with van der Waals surface area (Å²) in [6.45, 7) is 18.6. The number of nitrogens with two attached hydrogens (primary N) is 2. The summed E-state index contributed by atoms with van der Waals surface area (Å²) in [4.78, 5) is 0. The first-order chi connectivity index (χ1) is 18.7. The highest BCUT2D eigenvalue weighted by Crippen LogP contribution is 2.39. The van der Waals surface area contributed by atoms with Crippen molar-refractivity contribution in [2.45, 2.75) is 163 Å². The number of benzene rings is 2. The molecule has 0 saturated carbocycles. The first kappa shape index (κ1) is 33.2. The zero-order valence-electron chi connectivity index (χ0n) is 27.0. The van der Waals surface area contributed by atoms with Crippen LogP contribution in [0.25, 0.3) is 0 Å². The molecule has 2 aromatic carbocycles. The van der Waals surface area contributed by atoms with Gasteiger partial charge in [0.15, 0.2) is 0 Å². The lowest BCUT2D eigenvalue weighted by Crippen LogP contribution is -2.10. The number of nitrogen functional groups attached to an aromatic ring is 2. The molecule has 39 heavy (non-hydrogen) atoms. The topological polar surface area (TPSA) is 52.0 Å². The number of unbranched alkanes of at least 4 members (excludes halogenated alkanes) is 4. The van der Waals surface area contributed by atoms with Gasteiger partial charge in [-0.3, -0.25) is 0 Å². The van der Waals surface area contributed by atoms with E-state index >= 15 is 0 Å². The molecule has 0 heterocycles. The van der Waals surface area contributed by atoms with Gasteiger partial charge in [0, 0.05) is 11.4 Å². The molecule has 0 saturated heterocycles. The second-order valence-electron chi connectivity index (χ2n) is 12.7. The summed E-state index contributed by atoms with van der Waals surface area (Å²) in [6, 6.07) is 9.73. The average Bonchev–Trinajstić information content (AvgIpc) is 2.93. The second-order valence-corrected chi connectivity index (χ2v) is 12.7. The van der Waals surface area contributed by atoms with Gasteiger partial charge >= 0.3 is 0 Å². The van der Waals surface area contributed by atoms with E-state index in [0.717, 1.165) is 17.8 Å². The smallest absolute Gasteiger partial charge is 0.0384 e. The molecule has 4 N–H and O–H groups in total. The number of rotatable bonds is 18. The normalized spacial score (nSPS) is 14.8. The van der Waals surface area contributed by atoms with Crippen LogP contribution in [0.15, 0.2) is 24.3 Å². The molecule has 220 valence electrons. The molecule has 0 bridgehead atoms. The van der Waals surface area contributed by atoms with Gasteiger partial charge in [-0.2, -0.15) is 0 Å². The third-order valence-electron chi connectivity index (χ3n) is 9.10. The van der Waals surface area contributed by atoms with E-state index in [4.69, 9.17) is 11.5 Å². The fourth-order valence-corrected chi connectivity index (χ4v) is 6.26. The van der Waals surface area contributed by atoms with E-state index in [2.05, 4.69) is 79.7 Å². The number of hydrogen-bond donors (Lipinski definition) is 2. The molecule has 0 aliphatic heterocycles. The molecule has 0 aromatic heterocycles. The highest BCUT2D eigenvalue weighted by atomic mass is 14.6. The van der Waals surface area contributed by atoms with Crippen molar-refractivity contribution in [2.75, 3.05) is 11.5 Å². The molecular formula is C37H62N2. The Morgan fingerprint density at radius 1 is 0.462 bits per heavy atom. The van der Waals surface area contributed by atoms with Crippen molar-refractivity contribution in [3.8, 4) is 0 Å². The van der Waals surface area contributed by atoms with Crippen LogP contribution in [0.3, 0.4) is 0 Å². The average molecular weight is 535 g/mol. The molecule has 0 spiro atoms. The SMILES string of the molecule is CCCCC(C)c1cc(Cc2cc(C(C)CCCC)c(N)c(C(C)CCCC)c2)cc(C(C)CCCC)c1N. The zero-order chi connectivity index (χ0) is 28.9. The van der Waals surface area contributed by atoms with Crippen LogP contribution in [-0.2, 0) is 6.42 Å². The minimum absolute atomic E-state index is 0.489. The van der Waals surface area contributed by atoms with Crippen LogP contribution in [0.1, 0.15) is 189 Å².